The molecule has 1 radical (unpaired) electrons. The van der Waals surface area contributed by atoms with Crippen LogP contribution in [0.4, 0.5) is 52.7 Å². The number of allylic oxidation sites excluding steroid dienone is 4. The van der Waals surface area contributed by atoms with Crippen LogP contribution < -0.4 is 10.2 Å². The second-order valence-electron chi connectivity index (χ2n) is 3.74. The van der Waals surface area contributed by atoms with E-state index in [-0.39, 0.29) is 17.1 Å². The van der Waals surface area contributed by atoms with E-state index in [1.54, 1.807) is 0 Å². The average molecular weight is 478 g/mol. The SMILES string of the molecule is O=C(/C=C(/[O-])C(F)(F)F)C(F)(F)F.O=C(/C=C(/[O-])C(F)(F)F)C(F)(F)F.[Cu+2]. The Morgan fingerprint density at radius 1 is 0.519 bits per heavy atom. The fourth-order valence-electron chi connectivity index (χ4n) is 0.565. The zero-order chi connectivity index (χ0) is 21.7. The van der Waals surface area contributed by atoms with Gasteiger partial charge in [0.25, 0.3) is 11.6 Å². The summed E-state index contributed by atoms with van der Waals surface area (Å²) in [6.07, 6.45) is -23.9. The van der Waals surface area contributed by atoms with Gasteiger partial charge in [-0.15, -0.1) is 0 Å². The van der Waals surface area contributed by atoms with Crippen LogP contribution in [0.25, 0.3) is 0 Å². The molecule has 4 nitrogen and oxygen atoms in total. The number of rotatable bonds is 2. The second kappa shape index (κ2) is 9.87. The van der Waals surface area contributed by atoms with Crippen molar-refractivity contribution in [2.45, 2.75) is 24.7 Å². The average Bonchev–Trinajstić information content (AvgIpc) is 2.34. The van der Waals surface area contributed by atoms with Crippen LogP contribution in [0, 0.1) is 0 Å². The summed E-state index contributed by atoms with van der Waals surface area (Å²) in [4.78, 5) is 19.6. The number of hydrogen-bond acceptors (Lipinski definition) is 4. The van der Waals surface area contributed by atoms with Crippen molar-refractivity contribution in [3.63, 3.8) is 0 Å². The van der Waals surface area contributed by atoms with Crippen molar-refractivity contribution in [2.24, 2.45) is 0 Å². The van der Waals surface area contributed by atoms with E-state index in [2.05, 4.69) is 0 Å². The summed E-state index contributed by atoms with van der Waals surface area (Å²) < 4.78 is 136. The summed E-state index contributed by atoms with van der Waals surface area (Å²) >= 11 is 0. The van der Waals surface area contributed by atoms with Crippen molar-refractivity contribution in [1.82, 2.24) is 0 Å². The molecular formula is C10H2CuF12O4. The molecule has 0 bridgehead atoms. The minimum absolute atomic E-state index is 0. The summed E-state index contributed by atoms with van der Waals surface area (Å²) in [5.41, 5.74) is 0. The fourth-order valence-corrected chi connectivity index (χ4v) is 0.565. The minimum atomic E-state index is -5.46. The Morgan fingerprint density at radius 2 is 0.704 bits per heavy atom. The van der Waals surface area contributed by atoms with Crippen LogP contribution in [-0.4, -0.2) is 36.3 Å². The predicted molar refractivity (Wildman–Crippen MR) is 50.4 cm³/mol. The van der Waals surface area contributed by atoms with Gasteiger partial charge in [0.1, 0.15) is 0 Å². The zero-order valence-corrected chi connectivity index (χ0v) is 12.6. The third kappa shape index (κ3) is 13.0. The molecule has 0 saturated heterocycles. The van der Waals surface area contributed by atoms with E-state index in [1.807, 2.05) is 0 Å². The Balaban J connectivity index is -0.000000411. The molecule has 0 amide bonds. The third-order valence-electron chi connectivity index (χ3n) is 1.64. The van der Waals surface area contributed by atoms with Gasteiger partial charge in [0.15, 0.2) is 0 Å². The molecule has 161 valence electrons. The number of alkyl halides is 12. The zero-order valence-electron chi connectivity index (χ0n) is 11.6. The van der Waals surface area contributed by atoms with Gasteiger partial charge in [-0.2, -0.15) is 52.7 Å². The molecule has 0 heterocycles. The molecule has 17 heteroatoms. The Kier molecular flexibility index (Phi) is 10.9. The quantitative estimate of drug-likeness (QED) is 0.263. The van der Waals surface area contributed by atoms with Crippen LogP contribution in [0.1, 0.15) is 0 Å². The van der Waals surface area contributed by atoms with Crippen molar-refractivity contribution >= 4 is 11.6 Å². The molecule has 0 aromatic rings. The Bertz CT molecular complexity index is 527. The fraction of sp³-hybridized carbons (Fsp3) is 0.400. The molecular weight excluding hydrogens is 476 g/mol. The monoisotopic (exact) mass is 477 g/mol. The Hall–Kier alpha value is -1.90. The molecule has 0 N–H and O–H groups in total. The summed E-state index contributed by atoms with van der Waals surface area (Å²) in [5, 5.41) is 19.6. The first-order chi connectivity index (χ1) is 11.1. The number of halogens is 12. The molecule has 0 aromatic heterocycles. The Labute approximate surface area is 150 Å². The largest absolute Gasteiger partial charge is 2.00 e. The van der Waals surface area contributed by atoms with Crippen LogP contribution in [0.2, 0.25) is 0 Å². The van der Waals surface area contributed by atoms with Crippen molar-refractivity contribution in [2.75, 3.05) is 0 Å². The van der Waals surface area contributed by atoms with E-state index in [0.717, 1.165) is 0 Å². The maximum Gasteiger partial charge on any atom is 2.00 e. The van der Waals surface area contributed by atoms with Crippen LogP contribution in [-0.2, 0) is 26.7 Å². The molecule has 0 saturated carbocycles. The van der Waals surface area contributed by atoms with Gasteiger partial charge < -0.3 is 10.2 Å². The van der Waals surface area contributed by atoms with Gasteiger partial charge in [0, 0.05) is 0 Å². The minimum Gasteiger partial charge on any atom is -0.869 e. The predicted octanol–water partition coefficient (Wildman–Crippen LogP) is 1.85. The van der Waals surface area contributed by atoms with E-state index in [9.17, 15) is 72.5 Å². The smallest absolute Gasteiger partial charge is 0.869 e. The number of hydrogen-bond donors (Lipinski definition) is 0. The standard InChI is InChI=1S/2C5H2F6O2.Cu/c2*6-4(7,8)2(12)1-3(13)5(9,10)11;/h2*1,12H;/q;;+2/p-2/b2*2-1+;. The van der Waals surface area contributed by atoms with Crippen LogP contribution in [0.5, 0.6) is 0 Å². The van der Waals surface area contributed by atoms with E-state index in [0.29, 0.717) is 0 Å². The van der Waals surface area contributed by atoms with Crippen molar-refractivity contribution in [1.29, 1.82) is 0 Å². The molecule has 27 heavy (non-hydrogen) atoms. The maximum absolute atomic E-state index is 11.3. The van der Waals surface area contributed by atoms with Crippen LogP contribution in [0.3, 0.4) is 0 Å². The normalized spacial score (nSPS) is 13.9. The van der Waals surface area contributed by atoms with Crippen molar-refractivity contribution in [3.05, 3.63) is 23.7 Å². The van der Waals surface area contributed by atoms with E-state index < -0.39 is 59.9 Å². The first-order valence-electron chi connectivity index (χ1n) is 5.24. The van der Waals surface area contributed by atoms with Crippen molar-refractivity contribution < 1.29 is 89.6 Å². The summed E-state index contributed by atoms with van der Waals surface area (Å²) in [6, 6.07) is 0. The van der Waals surface area contributed by atoms with E-state index in [1.165, 1.54) is 0 Å². The van der Waals surface area contributed by atoms with E-state index in [4.69, 9.17) is 0 Å². The van der Waals surface area contributed by atoms with E-state index >= 15 is 0 Å². The van der Waals surface area contributed by atoms with Crippen molar-refractivity contribution in [3.8, 4) is 0 Å². The van der Waals surface area contributed by atoms with Gasteiger partial charge in [0.05, 0.1) is 0 Å². The van der Waals surface area contributed by atoms with Crippen LogP contribution >= 0.6 is 0 Å². The Morgan fingerprint density at radius 3 is 0.815 bits per heavy atom. The molecule has 0 atom stereocenters. The van der Waals surface area contributed by atoms with Crippen LogP contribution in [0.15, 0.2) is 23.7 Å². The van der Waals surface area contributed by atoms with Gasteiger partial charge in [-0.25, -0.2) is 0 Å². The van der Waals surface area contributed by atoms with Gasteiger partial charge in [-0.05, 0) is 23.7 Å². The first kappa shape index (κ1) is 29.8. The van der Waals surface area contributed by atoms with Gasteiger partial charge >= 0.3 is 41.8 Å². The number of ketones is 2. The number of carbonyl (C=O) groups excluding carboxylic acids is 2. The third-order valence-corrected chi connectivity index (χ3v) is 1.64. The first-order valence-corrected chi connectivity index (χ1v) is 5.24. The molecule has 0 aliphatic heterocycles. The summed E-state index contributed by atoms with van der Waals surface area (Å²) in [5.74, 6) is -11.3. The molecule has 0 aliphatic carbocycles. The topological polar surface area (TPSA) is 80.3 Å². The molecule has 0 aliphatic rings. The maximum atomic E-state index is 11.3. The molecule has 0 fully saturated rings. The van der Waals surface area contributed by atoms with Gasteiger partial charge in [-0.1, -0.05) is 0 Å². The molecule has 0 spiro atoms. The molecule has 0 rings (SSSR count). The summed E-state index contributed by atoms with van der Waals surface area (Å²) in [7, 11) is 0. The molecule has 0 unspecified atom stereocenters. The second-order valence-corrected chi connectivity index (χ2v) is 3.74. The molecule has 0 aromatic carbocycles. The number of carbonyl (C=O) groups is 2. The van der Waals surface area contributed by atoms with Gasteiger partial charge in [0.2, 0.25) is 0 Å². The van der Waals surface area contributed by atoms with Gasteiger partial charge in [-0.3, -0.25) is 9.59 Å². The summed E-state index contributed by atoms with van der Waals surface area (Å²) in [6.45, 7) is 0.